The molecule has 0 unspecified atom stereocenters. The summed E-state index contributed by atoms with van der Waals surface area (Å²) < 4.78 is 32.9. The van der Waals surface area contributed by atoms with E-state index in [1.165, 1.54) is 12.1 Å². The number of likely N-dealkylation sites (N-methyl/N-ethyl adjacent to an activating group) is 1. The van der Waals surface area contributed by atoms with Gasteiger partial charge in [-0.25, -0.2) is 8.78 Å². The molecule has 2 aromatic rings. The Bertz CT molecular complexity index is 740. The van der Waals surface area contributed by atoms with Crippen LogP contribution in [0.4, 0.5) is 8.78 Å². The molecular weight excluding hydrogens is 324 g/mol. The maximum absolute atomic E-state index is 13.9. The number of ether oxygens (including phenoxy) is 1. The lowest BCUT2D eigenvalue weighted by Gasteiger charge is -2.27. The van der Waals surface area contributed by atoms with Gasteiger partial charge in [0.05, 0.1) is 6.10 Å². The molecule has 1 heterocycles. The lowest BCUT2D eigenvalue weighted by Crippen LogP contribution is -2.37. The smallest absolute Gasteiger partial charge is 0.253 e. The Morgan fingerprint density at radius 3 is 2.60 bits per heavy atom. The van der Waals surface area contributed by atoms with Gasteiger partial charge in [-0.1, -0.05) is 24.3 Å². The van der Waals surface area contributed by atoms with Crippen LogP contribution in [-0.4, -0.2) is 37.1 Å². The number of carbonyl (C=O) groups is 1. The summed E-state index contributed by atoms with van der Waals surface area (Å²) in [6.45, 7) is 1.31. The molecule has 0 aliphatic carbocycles. The summed E-state index contributed by atoms with van der Waals surface area (Å²) in [5.74, 6) is -1.88. The van der Waals surface area contributed by atoms with Gasteiger partial charge in [-0.3, -0.25) is 4.79 Å². The molecule has 2 aromatic carbocycles. The van der Waals surface area contributed by atoms with Crippen molar-refractivity contribution in [1.29, 1.82) is 0 Å². The first-order valence-corrected chi connectivity index (χ1v) is 8.48. The molecule has 1 fully saturated rings. The molecule has 1 atom stereocenters. The number of amides is 1. The summed E-state index contributed by atoms with van der Waals surface area (Å²) in [7, 11) is 1.75. The summed E-state index contributed by atoms with van der Waals surface area (Å²) in [5.41, 5.74) is 1.23. The highest BCUT2D eigenvalue weighted by molar-refractivity contribution is 5.94. The van der Waals surface area contributed by atoms with E-state index in [0.29, 0.717) is 17.7 Å². The third-order valence-electron chi connectivity index (χ3n) is 4.49. The molecule has 132 valence electrons. The van der Waals surface area contributed by atoms with Gasteiger partial charge < -0.3 is 9.64 Å². The van der Waals surface area contributed by atoms with Gasteiger partial charge in [-0.2, -0.15) is 0 Å². The van der Waals surface area contributed by atoms with Gasteiger partial charge in [-0.15, -0.1) is 0 Å². The van der Waals surface area contributed by atoms with E-state index < -0.39 is 11.6 Å². The lowest BCUT2D eigenvalue weighted by molar-refractivity contribution is -0.000186. The Balaban J connectivity index is 1.70. The zero-order valence-corrected chi connectivity index (χ0v) is 14.2. The van der Waals surface area contributed by atoms with Crippen LogP contribution in [-0.2, 0) is 4.74 Å². The maximum atomic E-state index is 13.9. The minimum absolute atomic E-state index is 0.0864. The quantitative estimate of drug-likeness (QED) is 0.828. The van der Waals surface area contributed by atoms with Gasteiger partial charge in [0.2, 0.25) is 0 Å². The van der Waals surface area contributed by atoms with E-state index in [-0.39, 0.29) is 17.6 Å². The summed E-state index contributed by atoms with van der Waals surface area (Å²) >= 11 is 0. The van der Waals surface area contributed by atoms with E-state index in [1.54, 1.807) is 36.2 Å². The van der Waals surface area contributed by atoms with Gasteiger partial charge in [0.15, 0.2) is 11.6 Å². The molecule has 0 spiro atoms. The molecule has 0 aromatic heterocycles. The zero-order chi connectivity index (χ0) is 17.8. The summed E-state index contributed by atoms with van der Waals surface area (Å²) in [5, 5.41) is 0. The monoisotopic (exact) mass is 345 g/mol. The van der Waals surface area contributed by atoms with Gasteiger partial charge in [0, 0.05) is 31.3 Å². The van der Waals surface area contributed by atoms with E-state index in [4.69, 9.17) is 4.74 Å². The van der Waals surface area contributed by atoms with Crippen molar-refractivity contribution in [1.82, 2.24) is 4.90 Å². The standard InChI is InChI=1S/C20H21F2NO2/c1-23(13-16-5-2-3-12-25-16)20(24)15-10-8-14(9-11-15)17-6-4-7-18(21)19(17)22/h4,6-11,16H,2-3,5,12-13H2,1H3/t16-/m1/s1. The van der Waals surface area contributed by atoms with Gasteiger partial charge in [0.1, 0.15) is 0 Å². The number of halogens is 2. The van der Waals surface area contributed by atoms with Crippen molar-refractivity contribution in [3.8, 4) is 11.1 Å². The highest BCUT2D eigenvalue weighted by Crippen LogP contribution is 2.25. The van der Waals surface area contributed by atoms with Crippen molar-refractivity contribution in [2.75, 3.05) is 20.2 Å². The lowest BCUT2D eigenvalue weighted by atomic mass is 10.0. The van der Waals surface area contributed by atoms with Crippen LogP contribution in [0.2, 0.25) is 0 Å². The van der Waals surface area contributed by atoms with Crippen LogP contribution in [0.25, 0.3) is 11.1 Å². The van der Waals surface area contributed by atoms with E-state index >= 15 is 0 Å². The number of hydrogen-bond acceptors (Lipinski definition) is 2. The van der Waals surface area contributed by atoms with Crippen molar-refractivity contribution >= 4 is 5.91 Å². The number of hydrogen-bond donors (Lipinski definition) is 0. The molecule has 0 radical (unpaired) electrons. The first kappa shape index (κ1) is 17.5. The third kappa shape index (κ3) is 4.04. The SMILES string of the molecule is CN(C[C@H]1CCCCO1)C(=O)c1ccc(-c2cccc(F)c2F)cc1. The molecule has 0 bridgehead atoms. The van der Waals surface area contributed by atoms with E-state index in [0.717, 1.165) is 31.9 Å². The van der Waals surface area contributed by atoms with Crippen LogP contribution < -0.4 is 0 Å². The molecule has 1 amide bonds. The highest BCUT2D eigenvalue weighted by Gasteiger charge is 2.20. The van der Waals surface area contributed by atoms with Crippen molar-refractivity contribution in [3.05, 3.63) is 59.7 Å². The second-order valence-corrected chi connectivity index (χ2v) is 6.35. The Hall–Kier alpha value is -2.27. The number of carbonyl (C=O) groups excluding carboxylic acids is 1. The fourth-order valence-electron chi connectivity index (χ4n) is 3.08. The molecule has 1 saturated heterocycles. The third-order valence-corrected chi connectivity index (χ3v) is 4.49. The average Bonchev–Trinajstić information content (AvgIpc) is 2.64. The predicted molar refractivity (Wildman–Crippen MR) is 92.3 cm³/mol. The minimum atomic E-state index is -0.884. The Labute approximate surface area is 146 Å². The first-order chi connectivity index (χ1) is 12.1. The maximum Gasteiger partial charge on any atom is 0.253 e. The minimum Gasteiger partial charge on any atom is -0.376 e. The topological polar surface area (TPSA) is 29.5 Å². The van der Waals surface area contributed by atoms with Gasteiger partial charge in [-0.05, 0) is 43.0 Å². The summed E-state index contributed by atoms with van der Waals surface area (Å²) in [6.07, 6.45) is 3.26. The van der Waals surface area contributed by atoms with Crippen molar-refractivity contribution in [3.63, 3.8) is 0 Å². The Kier molecular flexibility index (Phi) is 5.43. The summed E-state index contributed by atoms with van der Waals surface area (Å²) in [4.78, 5) is 14.2. The zero-order valence-electron chi connectivity index (χ0n) is 14.2. The Morgan fingerprint density at radius 1 is 1.16 bits per heavy atom. The normalized spacial score (nSPS) is 17.3. The molecule has 0 N–H and O–H groups in total. The molecule has 3 rings (SSSR count). The average molecular weight is 345 g/mol. The Morgan fingerprint density at radius 2 is 1.92 bits per heavy atom. The highest BCUT2D eigenvalue weighted by atomic mass is 19.2. The van der Waals surface area contributed by atoms with Crippen LogP contribution >= 0.6 is 0 Å². The molecule has 5 heteroatoms. The second kappa shape index (κ2) is 7.74. The molecule has 3 nitrogen and oxygen atoms in total. The van der Waals surface area contributed by atoms with Gasteiger partial charge in [0.25, 0.3) is 5.91 Å². The van der Waals surface area contributed by atoms with Gasteiger partial charge >= 0.3 is 0 Å². The first-order valence-electron chi connectivity index (χ1n) is 8.48. The molecule has 1 aliphatic heterocycles. The number of nitrogens with zero attached hydrogens (tertiary/aromatic N) is 1. The van der Waals surface area contributed by atoms with E-state index in [2.05, 4.69) is 0 Å². The number of benzene rings is 2. The van der Waals surface area contributed by atoms with Crippen LogP contribution in [0.15, 0.2) is 42.5 Å². The van der Waals surface area contributed by atoms with Crippen molar-refractivity contribution in [2.45, 2.75) is 25.4 Å². The second-order valence-electron chi connectivity index (χ2n) is 6.35. The summed E-state index contributed by atoms with van der Waals surface area (Å²) in [6, 6.07) is 10.6. The van der Waals surface area contributed by atoms with Crippen LogP contribution in [0, 0.1) is 11.6 Å². The largest absolute Gasteiger partial charge is 0.376 e. The molecule has 0 saturated carbocycles. The van der Waals surface area contributed by atoms with Crippen LogP contribution in [0.3, 0.4) is 0 Å². The fraction of sp³-hybridized carbons (Fsp3) is 0.350. The molecular formula is C20H21F2NO2. The van der Waals surface area contributed by atoms with Crippen molar-refractivity contribution < 1.29 is 18.3 Å². The molecule has 25 heavy (non-hydrogen) atoms. The van der Waals surface area contributed by atoms with E-state index in [1.807, 2.05) is 0 Å². The van der Waals surface area contributed by atoms with Crippen LogP contribution in [0.5, 0.6) is 0 Å². The van der Waals surface area contributed by atoms with Crippen molar-refractivity contribution in [2.24, 2.45) is 0 Å². The number of rotatable bonds is 4. The molecule has 1 aliphatic rings. The van der Waals surface area contributed by atoms with E-state index in [9.17, 15) is 13.6 Å². The fourth-order valence-corrected chi connectivity index (χ4v) is 3.08. The van der Waals surface area contributed by atoms with Crippen LogP contribution in [0.1, 0.15) is 29.6 Å². The predicted octanol–water partition coefficient (Wildman–Crippen LogP) is 4.27.